The summed E-state index contributed by atoms with van der Waals surface area (Å²) in [7, 11) is 0. The summed E-state index contributed by atoms with van der Waals surface area (Å²) in [4.78, 5) is 11.7. The Kier molecular flexibility index (Phi) is 6.36. The average Bonchev–Trinajstić information content (AvgIpc) is 2.37. The molecule has 4 heteroatoms. The molecule has 0 aliphatic carbocycles. The largest absolute Gasteiger partial charge is 0.491 e. The highest BCUT2D eigenvalue weighted by atomic mass is 16.5. The normalized spacial score (nSPS) is 12.3. The number of carbonyl (C=O) groups is 1. The van der Waals surface area contributed by atoms with Crippen molar-refractivity contribution in [3.05, 3.63) is 29.8 Å². The van der Waals surface area contributed by atoms with Crippen LogP contribution in [-0.4, -0.2) is 25.2 Å². The third-order valence-electron chi connectivity index (χ3n) is 2.68. The van der Waals surface area contributed by atoms with Crippen molar-refractivity contribution in [2.75, 3.05) is 13.2 Å². The molecule has 0 radical (unpaired) electrons. The Labute approximate surface area is 114 Å². The summed E-state index contributed by atoms with van der Waals surface area (Å²) >= 11 is 0. The van der Waals surface area contributed by atoms with Gasteiger partial charge in [-0.2, -0.15) is 0 Å². The summed E-state index contributed by atoms with van der Waals surface area (Å²) in [5, 5.41) is 0. The van der Waals surface area contributed by atoms with Crippen molar-refractivity contribution < 1.29 is 14.3 Å². The van der Waals surface area contributed by atoms with Crippen LogP contribution in [-0.2, 0) is 16.0 Å². The van der Waals surface area contributed by atoms with Gasteiger partial charge < -0.3 is 15.2 Å². The van der Waals surface area contributed by atoms with E-state index in [-0.39, 0.29) is 18.0 Å². The third-order valence-corrected chi connectivity index (χ3v) is 2.68. The predicted molar refractivity (Wildman–Crippen MR) is 75.1 cm³/mol. The highest BCUT2D eigenvalue weighted by Crippen LogP contribution is 2.16. The first-order valence-electron chi connectivity index (χ1n) is 6.69. The van der Waals surface area contributed by atoms with Crippen molar-refractivity contribution in [1.29, 1.82) is 0 Å². The molecule has 0 amide bonds. The fourth-order valence-corrected chi connectivity index (χ4v) is 1.78. The van der Waals surface area contributed by atoms with Crippen LogP contribution in [0.1, 0.15) is 26.3 Å². The van der Waals surface area contributed by atoms with E-state index < -0.39 is 0 Å². The first-order chi connectivity index (χ1) is 9.06. The maximum absolute atomic E-state index is 11.7. The molecule has 106 valence electrons. The molecular formula is C15H23NO3. The van der Waals surface area contributed by atoms with Gasteiger partial charge in [0, 0.05) is 6.54 Å². The maximum atomic E-state index is 11.7. The smallest absolute Gasteiger partial charge is 0.310 e. The standard InChI is InChI=1S/C15H23NO3/c1-4-18-15(17)13(10-16)9-12-5-7-14(8-6-12)19-11(2)3/h5-8,11,13H,4,9-10,16H2,1-3H3. The van der Waals surface area contributed by atoms with E-state index in [2.05, 4.69) is 0 Å². The molecular weight excluding hydrogens is 242 g/mol. The molecule has 0 fully saturated rings. The SMILES string of the molecule is CCOC(=O)C(CN)Cc1ccc(OC(C)C)cc1. The summed E-state index contributed by atoms with van der Waals surface area (Å²) < 4.78 is 10.6. The molecule has 0 saturated carbocycles. The number of esters is 1. The van der Waals surface area contributed by atoms with E-state index in [4.69, 9.17) is 15.2 Å². The lowest BCUT2D eigenvalue weighted by atomic mass is 9.99. The van der Waals surface area contributed by atoms with Crippen molar-refractivity contribution in [3.8, 4) is 5.75 Å². The summed E-state index contributed by atoms with van der Waals surface area (Å²) in [5.74, 6) is 0.323. The van der Waals surface area contributed by atoms with E-state index in [1.54, 1.807) is 6.92 Å². The van der Waals surface area contributed by atoms with Crippen molar-refractivity contribution in [2.45, 2.75) is 33.3 Å². The number of hydrogen-bond acceptors (Lipinski definition) is 4. The fourth-order valence-electron chi connectivity index (χ4n) is 1.78. The lowest BCUT2D eigenvalue weighted by molar-refractivity contribution is -0.147. The number of ether oxygens (including phenoxy) is 2. The Morgan fingerprint density at radius 3 is 2.37 bits per heavy atom. The second-order valence-corrected chi connectivity index (χ2v) is 4.70. The van der Waals surface area contributed by atoms with Gasteiger partial charge in [-0.3, -0.25) is 4.79 Å². The van der Waals surface area contributed by atoms with Gasteiger partial charge in [-0.25, -0.2) is 0 Å². The molecule has 0 aliphatic heterocycles. The monoisotopic (exact) mass is 265 g/mol. The third kappa shape index (κ3) is 5.30. The van der Waals surface area contributed by atoms with E-state index in [9.17, 15) is 4.79 Å². The number of carbonyl (C=O) groups excluding carboxylic acids is 1. The van der Waals surface area contributed by atoms with Gasteiger partial charge in [0.25, 0.3) is 0 Å². The lowest BCUT2D eigenvalue weighted by Crippen LogP contribution is -2.27. The number of benzene rings is 1. The van der Waals surface area contributed by atoms with E-state index in [1.165, 1.54) is 0 Å². The van der Waals surface area contributed by atoms with Crippen LogP contribution >= 0.6 is 0 Å². The van der Waals surface area contributed by atoms with Crippen LogP contribution in [0.25, 0.3) is 0 Å². The van der Waals surface area contributed by atoms with Crippen molar-refractivity contribution in [3.63, 3.8) is 0 Å². The number of hydrogen-bond donors (Lipinski definition) is 1. The molecule has 0 heterocycles. The minimum atomic E-state index is -0.281. The summed E-state index contributed by atoms with van der Waals surface area (Å²) in [6.07, 6.45) is 0.749. The highest BCUT2D eigenvalue weighted by molar-refractivity contribution is 5.73. The Hall–Kier alpha value is -1.55. The van der Waals surface area contributed by atoms with Crippen LogP contribution in [0.3, 0.4) is 0 Å². The maximum Gasteiger partial charge on any atom is 0.310 e. The van der Waals surface area contributed by atoms with Crippen LogP contribution < -0.4 is 10.5 Å². The molecule has 0 bridgehead atoms. The van der Waals surface area contributed by atoms with E-state index in [1.807, 2.05) is 38.1 Å². The molecule has 4 nitrogen and oxygen atoms in total. The van der Waals surface area contributed by atoms with Gasteiger partial charge in [-0.15, -0.1) is 0 Å². The highest BCUT2D eigenvalue weighted by Gasteiger charge is 2.18. The van der Waals surface area contributed by atoms with E-state index in [0.717, 1.165) is 11.3 Å². The van der Waals surface area contributed by atoms with Gasteiger partial charge in [-0.1, -0.05) is 12.1 Å². The quantitative estimate of drug-likeness (QED) is 0.767. The lowest BCUT2D eigenvalue weighted by Gasteiger charge is -2.14. The second kappa shape index (κ2) is 7.79. The van der Waals surface area contributed by atoms with Crippen LogP contribution in [0.15, 0.2) is 24.3 Å². The number of nitrogens with two attached hydrogens (primary N) is 1. The fraction of sp³-hybridized carbons (Fsp3) is 0.533. The zero-order valence-corrected chi connectivity index (χ0v) is 11.9. The zero-order valence-electron chi connectivity index (χ0n) is 11.9. The molecule has 0 aliphatic rings. The van der Waals surface area contributed by atoms with Gasteiger partial charge in [0.05, 0.1) is 18.6 Å². The van der Waals surface area contributed by atoms with Gasteiger partial charge in [0.2, 0.25) is 0 Å². The second-order valence-electron chi connectivity index (χ2n) is 4.70. The Morgan fingerprint density at radius 1 is 1.26 bits per heavy atom. The van der Waals surface area contributed by atoms with Crippen LogP contribution in [0.2, 0.25) is 0 Å². The number of rotatable bonds is 7. The molecule has 1 aromatic rings. The van der Waals surface area contributed by atoms with Gasteiger partial charge >= 0.3 is 5.97 Å². The Morgan fingerprint density at radius 2 is 1.89 bits per heavy atom. The van der Waals surface area contributed by atoms with E-state index in [0.29, 0.717) is 19.6 Å². The van der Waals surface area contributed by atoms with Gasteiger partial charge in [-0.05, 0) is 44.9 Å². The molecule has 1 aromatic carbocycles. The van der Waals surface area contributed by atoms with Crippen LogP contribution in [0.5, 0.6) is 5.75 Å². The molecule has 0 saturated heterocycles. The van der Waals surface area contributed by atoms with Gasteiger partial charge in [0.15, 0.2) is 0 Å². The summed E-state index contributed by atoms with van der Waals surface area (Å²) in [5.41, 5.74) is 6.68. The molecule has 1 atom stereocenters. The molecule has 0 aromatic heterocycles. The first kappa shape index (κ1) is 15.5. The Bertz CT molecular complexity index is 387. The van der Waals surface area contributed by atoms with Crippen molar-refractivity contribution >= 4 is 5.97 Å². The molecule has 1 unspecified atom stereocenters. The van der Waals surface area contributed by atoms with Crippen molar-refractivity contribution in [2.24, 2.45) is 11.7 Å². The van der Waals surface area contributed by atoms with Crippen LogP contribution in [0, 0.1) is 5.92 Å². The zero-order chi connectivity index (χ0) is 14.3. The molecule has 19 heavy (non-hydrogen) atoms. The molecule has 2 N–H and O–H groups in total. The minimum absolute atomic E-state index is 0.155. The minimum Gasteiger partial charge on any atom is -0.491 e. The van der Waals surface area contributed by atoms with Crippen molar-refractivity contribution in [1.82, 2.24) is 0 Å². The van der Waals surface area contributed by atoms with Gasteiger partial charge in [0.1, 0.15) is 5.75 Å². The topological polar surface area (TPSA) is 61.5 Å². The molecule has 1 rings (SSSR count). The Balaban J connectivity index is 2.62. The van der Waals surface area contributed by atoms with Crippen LogP contribution in [0.4, 0.5) is 0 Å². The predicted octanol–water partition coefficient (Wildman–Crippen LogP) is 2.15. The first-order valence-corrected chi connectivity index (χ1v) is 6.69. The molecule has 0 spiro atoms. The average molecular weight is 265 g/mol. The van der Waals surface area contributed by atoms with E-state index >= 15 is 0 Å². The summed E-state index contributed by atoms with van der Waals surface area (Å²) in [6.45, 7) is 6.45. The summed E-state index contributed by atoms with van der Waals surface area (Å²) in [6, 6.07) is 7.74.